The molecule has 176 valence electrons. The molecule has 0 aromatic rings. The summed E-state index contributed by atoms with van der Waals surface area (Å²) in [6.45, 7) is 3.08. The molecule has 0 rings (SSSR count). The number of carbonyl (C=O) groups excluding carboxylic acids is 4. The molecule has 0 radical (unpaired) electrons. The molecule has 13 nitrogen and oxygen atoms in total. The van der Waals surface area contributed by atoms with Crippen LogP contribution in [0.15, 0.2) is 0 Å². The Balaban J connectivity index is 4.90. The third kappa shape index (κ3) is 12.8. The number of carbonyl (C=O) groups is 6. The molecular weight excluding hydrogens is 414 g/mol. The Morgan fingerprint density at radius 3 is 1.94 bits per heavy atom. The van der Waals surface area contributed by atoms with E-state index >= 15 is 0 Å². The van der Waals surface area contributed by atoms with Gasteiger partial charge >= 0.3 is 11.9 Å². The summed E-state index contributed by atoms with van der Waals surface area (Å²) in [5.74, 6) is -5.51. The van der Waals surface area contributed by atoms with E-state index in [1.165, 1.54) is 0 Å². The van der Waals surface area contributed by atoms with E-state index in [0.717, 1.165) is 0 Å². The average Bonchev–Trinajstić information content (AvgIpc) is 2.64. The van der Waals surface area contributed by atoms with Crippen molar-refractivity contribution < 1.29 is 39.0 Å². The highest BCUT2D eigenvalue weighted by Crippen LogP contribution is 2.05. The molecular formula is C18H31N5O8. The van der Waals surface area contributed by atoms with E-state index in [4.69, 9.17) is 21.7 Å². The number of aliphatic carboxylic acids is 2. The zero-order valence-electron chi connectivity index (χ0n) is 17.6. The number of nitrogens with one attached hydrogen (secondary N) is 3. The number of carboxylic acids is 2. The van der Waals surface area contributed by atoms with Crippen LogP contribution in [0.5, 0.6) is 0 Å². The van der Waals surface area contributed by atoms with Crippen LogP contribution in [0, 0.1) is 5.92 Å². The first-order valence-electron chi connectivity index (χ1n) is 9.69. The Kier molecular flexibility index (Phi) is 12.5. The van der Waals surface area contributed by atoms with Crippen molar-refractivity contribution in [1.29, 1.82) is 0 Å². The van der Waals surface area contributed by atoms with Gasteiger partial charge in [0.25, 0.3) is 0 Å². The predicted octanol–water partition coefficient (Wildman–Crippen LogP) is -2.34. The summed E-state index contributed by atoms with van der Waals surface area (Å²) in [6.07, 6.45) is -0.792. The zero-order valence-corrected chi connectivity index (χ0v) is 17.6. The van der Waals surface area contributed by atoms with Gasteiger partial charge in [0.2, 0.25) is 23.6 Å². The van der Waals surface area contributed by atoms with Crippen LogP contribution in [0.2, 0.25) is 0 Å². The number of hydrogen-bond donors (Lipinski definition) is 7. The molecule has 0 bridgehead atoms. The van der Waals surface area contributed by atoms with Crippen LogP contribution in [0.25, 0.3) is 0 Å². The van der Waals surface area contributed by atoms with Crippen LogP contribution in [0.3, 0.4) is 0 Å². The third-order valence-electron chi connectivity index (χ3n) is 4.08. The van der Waals surface area contributed by atoms with Crippen LogP contribution < -0.4 is 27.4 Å². The Hall–Kier alpha value is -3.22. The van der Waals surface area contributed by atoms with E-state index in [1.807, 2.05) is 13.8 Å². The minimum atomic E-state index is -1.38. The Labute approximate surface area is 179 Å². The SMILES string of the molecule is CC(C)CC(N)C(=O)NC(CCC(=O)O)C(=O)NCC(=O)NC(CCC(N)=O)C(=O)O. The van der Waals surface area contributed by atoms with Crippen molar-refractivity contribution in [2.24, 2.45) is 17.4 Å². The van der Waals surface area contributed by atoms with Crippen LogP contribution in [-0.2, 0) is 28.8 Å². The maximum Gasteiger partial charge on any atom is 0.326 e. The molecule has 3 atom stereocenters. The van der Waals surface area contributed by atoms with Crippen molar-refractivity contribution in [1.82, 2.24) is 16.0 Å². The Morgan fingerprint density at radius 1 is 0.871 bits per heavy atom. The quantitative estimate of drug-likeness (QED) is 0.143. The molecule has 0 aliphatic heterocycles. The van der Waals surface area contributed by atoms with Gasteiger partial charge in [-0.05, 0) is 25.2 Å². The highest BCUT2D eigenvalue weighted by atomic mass is 16.4. The molecule has 0 aromatic carbocycles. The van der Waals surface area contributed by atoms with Crippen molar-refractivity contribution in [3.05, 3.63) is 0 Å². The molecule has 9 N–H and O–H groups in total. The summed E-state index contributed by atoms with van der Waals surface area (Å²) in [6, 6.07) is -3.53. The summed E-state index contributed by atoms with van der Waals surface area (Å²) < 4.78 is 0. The monoisotopic (exact) mass is 445 g/mol. The van der Waals surface area contributed by atoms with Gasteiger partial charge < -0.3 is 37.6 Å². The van der Waals surface area contributed by atoms with Crippen molar-refractivity contribution in [2.75, 3.05) is 6.54 Å². The van der Waals surface area contributed by atoms with Crippen molar-refractivity contribution in [3.63, 3.8) is 0 Å². The highest BCUT2D eigenvalue weighted by molar-refractivity contribution is 5.92. The van der Waals surface area contributed by atoms with Crippen LogP contribution in [0.4, 0.5) is 0 Å². The normalized spacial score (nSPS) is 13.5. The summed E-state index contributed by atoms with van der Waals surface area (Å²) in [5.41, 5.74) is 10.7. The molecule has 0 fully saturated rings. The maximum atomic E-state index is 12.4. The largest absolute Gasteiger partial charge is 0.481 e. The zero-order chi connectivity index (χ0) is 24.1. The molecule has 31 heavy (non-hydrogen) atoms. The second-order valence-electron chi connectivity index (χ2n) is 7.41. The van der Waals surface area contributed by atoms with Crippen molar-refractivity contribution >= 4 is 35.6 Å². The summed E-state index contributed by atoms with van der Waals surface area (Å²) in [4.78, 5) is 69.2. The molecule has 0 spiro atoms. The van der Waals surface area contributed by atoms with E-state index in [0.29, 0.717) is 6.42 Å². The first kappa shape index (κ1) is 27.8. The van der Waals surface area contributed by atoms with Crippen molar-refractivity contribution in [3.8, 4) is 0 Å². The number of rotatable bonds is 15. The third-order valence-corrected chi connectivity index (χ3v) is 4.08. The molecule has 0 aliphatic rings. The van der Waals surface area contributed by atoms with Gasteiger partial charge in [0.1, 0.15) is 12.1 Å². The molecule has 0 aromatic heterocycles. The van der Waals surface area contributed by atoms with Gasteiger partial charge in [-0.2, -0.15) is 0 Å². The van der Waals surface area contributed by atoms with Crippen LogP contribution in [-0.4, -0.2) is 70.5 Å². The molecule has 0 saturated carbocycles. The fourth-order valence-corrected chi connectivity index (χ4v) is 2.51. The number of amides is 4. The molecule has 13 heteroatoms. The number of nitrogens with two attached hydrogens (primary N) is 2. The van der Waals surface area contributed by atoms with Crippen LogP contribution >= 0.6 is 0 Å². The predicted molar refractivity (Wildman–Crippen MR) is 107 cm³/mol. The lowest BCUT2D eigenvalue weighted by atomic mass is 10.0. The van der Waals surface area contributed by atoms with Gasteiger partial charge in [0.05, 0.1) is 12.6 Å². The number of carboxylic acid groups (broad SMARTS) is 2. The summed E-state index contributed by atoms with van der Waals surface area (Å²) in [7, 11) is 0. The molecule has 0 heterocycles. The van der Waals surface area contributed by atoms with E-state index in [1.54, 1.807) is 0 Å². The first-order chi connectivity index (χ1) is 14.3. The Bertz CT molecular complexity index is 682. The summed E-state index contributed by atoms with van der Waals surface area (Å²) in [5, 5.41) is 24.6. The standard InChI is InChI=1S/C18H31N5O8/c1-9(2)7-10(19)16(28)23-11(4-6-15(26)27)17(29)21-8-14(25)22-12(18(30)31)3-5-13(20)24/h9-12H,3-8,19H2,1-2H3,(H2,20,24)(H,21,29)(H,22,25)(H,23,28)(H,26,27)(H,30,31). The smallest absolute Gasteiger partial charge is 0.326 e. The van der Waals surface area contributed by atoms with E-state index < -0.39 is 66.7 Å². The molecule has 4 amide bonds. The highest BCUT2D eigenvalue weighted by Gasteiger charge is 2.26. The van der Waals surface area contributed by atoms with Gasteiger partial charge in [-0.3, -0.25) is 24.0 Å². The molecule has 0 saturated heterocycles. The number of hydrogen-bond acceptors (Lipinski definition) is 7. The minimum Gasteiger partial charge on any atom is -0.481 e. The van der Waals surface area contributed by atoms with E-state index in [-0.39, 0.29) is 25.2 Å². The lowest BCUT2D eigenvalue weighted by Crippen LogP contribution is -2.53. The fourth-order valence-electron chi connectivity index (χ4n) is 2.51. The van der Waals surface area contributed by atoms with E-state index in [9.17, 15) is 28.8 Å². The molecule has 3 unspecified atom stereocenters. The fraction of sp³-hybridized carbons (Fsp3) is 0.667. The lowest BCUT2D eigenvalue weighted by molar-refractivity contribution is -0.142. The molecule has 0 aliphatic carbocycles. The first-order valence-corrected chi connectivity index (χ1v) is 9.69. The van der Waals surface area contributed by atoms with Gasteiger partial charge in [0.15, 0.2) is 0 Å². The van der Waals surface area contributed by atoms with Gasteiger partial charge in [-0.15, -0.1) is 0 Å². The average molecular weight is 445 g/mol. The van der Waals surface area contributed by atoms with Crippen molar-refractivity contribution in [2.45, 2.75) is 64.1 Å². The lowest BCUT2D eigenvalue weighted by Gasteiger charge is -2.21. The second-order valence-corrected chi connectivity index (χ2v) is 7.41. The van der Waals surface area contributed by atoms with Gasteiger partial charge in [-0.1, -0.05) is 13.8 Å². The Morgan fingerprint density at radius 2 is 1.45 bits per heavy atom. The van der Waals surface area contributed by atoms with Crippen LogP contribution in [0.1, 0.15) is 46.0 Å². The minimum absolute atomic E-state index is 0.118. The van der Waals surface area contributed by atoms with E-state index in [2.05, 4.69) is 16.0 Å². The van der Waals surface area contributed by atoms with Gasteiger partial charge in [-0.25, -0.2) is 4.79 Å². The van der Waals surface area contributed by atoms with Gasteiger partial charge in [0, 0.05) is 12.8 Å². The second kappa shape index (κ2) is 13.9. The number of primary amides is 1. The topological polar surface area (TPSA) is 231 Å². The maximum absolute atomic E-state index is 12.4. The summed E-state index contributed by atoms with van der Waals surface area (Å²) >= 11 is 0.